The number of hydrogen-bond acceptors (Lipinski definition) is 4. The van der Waals surface area contributed by atoms with E-state index < -0.39 is 18.0 Å². The lowest BCUT2D eigenvalue weighted by atomic mass is 9.85. The quantitative estimate of drug-likeness (QED) is 0.570. The van der Waals surface area contributed by atoms with Crippen LogP contribution < -0.4 is 16.0 Å². The van der Waals surface area contributed by atoms with Crippen LogP contribution in [0.5, 0.6) is 0 Å². The van der Waals surface area contributed by atoms with Gasteiger partial charge in [0, 0.05) is 12.5 Å². The number of benzene rings is 1. The summed E-state index contributed by atoms with van der Waals surface area (Å²) in [4.78, 5) is 24.0. The van der Waals surface area contributed by atoms with Gasteiger partial charge in [-0.05, 0) is 44.2 Å². The van der Waals surface area contributed by atoms with Crippen molar-refractivity contribution in [3.05, 3.63) is 30.1 Å². The van der Waals surface area contributed by atoms with Crippen LogP contribution in [-0.2, 0) is 9.53 Å². The van der Waals surface area contributed by atoms with Gasteiger partial charge >= 0.3 is 6.03 Å². The van der Waals surface area contributed by atoms with Gasteiger partial charge in [-0.2, -0.15) is 0 Å². The lowest BCUT2D eigenvalue weighted by Crippen LogP contribution is -2.52. The summed E-state index contributed by atoms with van der Waals surface area (Å²) >= 11 is 0. The Morgan fingerprint density at radius 1 is 1.18 bits per heavy atom. The molecule has 28 heavy (non-hydrogen) atoms. The minimum atomic E-state index is -0.539. The van der Waals surface area contributed by atoms with Crippen molar-refractivity contribution in [3.8, 4) is 0 Å². The number of urea groups is 1. The fourth-order valence-corrected chi connectivity index (χ4v) is 3.57. The first-order valence-corrected chi connectivity index (χ1v) is 9.93. The topological polar surface area (TPSA) is 99.7 Å². The Labute approximate surface area is 164 Å². The summed E-state index contributed by atoms with van der Waals surface area (Å²) in [5, 5.41) is 17.8. The minimum absolute atomic E-state index is 0.0773. The van der Waals surface area contributed by atoms with Crippen LogP contribution in [0.1, 0.15) is 38.5 Å². The van der Waals surface area contributed by atoms with Crippen LogP contribution in [0.2, 0.25) is 0 Å². The van der Waals surface area contributed by atoms with Crippen molar-refractivity contribution in [3.63, 3.8) is 0 Å². The molecule has 7 nitrogen and oxygen atoms in total. The number of aliphatic hydroxyl groups excluding tert-OH is 1. The zero-order chi connectivity index (χ0) is 19.9. The normalized spacial score (nSPS) is 24.9. The van der Waals surface area contributed by atoms with Crippen molar-refractivity contribution in [1.82, 2.24) is 10.6 Å². The Kier molecular flexibility index (Phi) is 7.22. The summed E-state index contributed by atoms with van der Waals surface area (Å²) in [6.07, 6.45) is 4.47. The smallest absolute Gasteiger partial charge is 0.319 e. The summed E-state index contributed by atoms with van der Waals surface area (Å²) < 4.78 is 19.5. The fourth-order valence-electron chi connectivity index (χ4n) is 3.57. The monoisotopic (exact) mass is 393 g/mol. The molecule has 1 aromatic carbocycles. The number of halogens is 1. The summed E-state index contributed by atoms with van der Waals surface area (Å²) in [5.41, 5.74) is 0.0948. The van der Waals surface area contributed by atoms with Gasteiger partial charge in [-0.1, -0.05) is 18.6 Å². The molecule has 1 saturated carbocycles. The molecular weight excluding hydrogens is 365 g/mol. The van der Waals surface area contributed by atoms with Gasteiger partial charge in [0.25, 0.3) is 0 Å². The van der Waals surface area contributed by atoms with Gasteiger partial charge in [-0.25, -0.2) is 9.18 Å². The molecule has 1 aliphatic heterocycles. The van der Waals surface area contributed by atoms with Gasteiger partial charge < -0.3 is 25.8 Å². The highest BCUT2D eigenvalue weighted by Crippen LogP contribution is 2.26. The zero-order valence-corrected chi connectivity index (χ0v) is 15.8. The van der Waals surface area contributed by atoms with E-state index in [1.165, 1.54) is 12.1 Å². The average Bonchev–Trinajstić information content (AvgIpc) is 2.63. The second kappa shape index (κ2) is 9.84. The number of para-hydroxylation sites is 1. The Hall–Kier alpha value is -2.19. The van der Waals surface area contributed by atoms with Crippen LogP contribution in [0.3, 0.4) is 0 Å². The van der Waals surface area contributed by atoms with E-state index in [0.29, 0.717) is 25.8 Å². The SMILES string of the molecule is O=C(Nc1ccccc1F)N[C@@H]1CC[C@H](CCNC(=O)C2CCC2)O[C@@H]1CO. The van der Waals surface area contributed by atoms with Crippen LogP contribution in [0.15, 0.2) is 24.3 Å². The number of rotatable bonds is 7. The highest BCUT2D eigenvalue weighted by atomic mass is 19.1. The van der Waals surface area contributed by atoms with Crippen molar-refractivity contribution < 1.29 is 23.8 Å². The Balaban J connectivity index is 1.41. The molecule has 1 aliphatic carbocycles. The molecule has 2 aliphatic rings. The predicted molar refractivity (Wildman–Crippen MR) is 102 cm³/mol. The van der Waals surface area contributed by atoms with Crippen molar-refractivity contribution in [1.29, 1.82) is 0 Å². The first kappa shape index (κ1) is 20.5. The number of aliphatic hydroxyl groups is 1. The lowest BCUT2D eigenvalue weighted by molar-refractivity contribution is -0.127. The molecule has 8 heteroatoms. The number of amides is 3. The van der Waals surface area contributed by atoms with Crippen molar-refractivity contribution in [2.24, 2.45) is 5.92 Å². The van der Waals surface area contributed by atoms with Gasteiger partial charge in [-0.15, -0.1) is 0 Å². The van der Waals surface area contributed by atoms with E-state index in [1.807, 2.05) is 0 Å². The van der Waals surface area contributed by atoms with Gasteiger partial charge in [-0.3, -0.25) is 4.79 Å². The maximum absolute atomic E-state index is 13.6. The van der Waals surface area contributed by atoms with Crippen molar-refractivity contribution in [2.45, 2.75) is 56.8 Å². The van der Waals surface area contributed by atoms with E-state index in [9.17, 15) is 19.1 Å². The summed E-state index contributed by atoms with van der Waals surface area (Å²) in [7, 11) is 0. The summed E-state index contributed by atoms with van der Waals surface area (Å²) in [6, 6.07) is 5.02. The fraction of sp³-hybridized carbons (Fsp3) is 0.600. The Bertz CT molecular complexity index is 683. The third-order valence-electron chi connectivity index (χ3n) is 5.48. The van der Waals surface area contributed by atoms with E-state index in [4.69, 9.17) is 4.74 Å². The molecule has 1 heterocycles. The van der Waals surface area contributed by atoms with E-state index in [-0.39, 0.29) is 36.3 Å². The predicted octanol–water partition coefficient (Wildman–Crippen LogP) is 2.16. The molecular formula is C20H28FN3O4. The molecule has 0 unspecified atom stereocenters. The number of hydrogen-bond donors (Lipinski definition) is 4. The molecule has 3 rings (SSSR count). The van der Waals surface area contributed by atoms with Crippen molar-refractivity contribution >= 4 is 17.6 Å². The van der Waals surface area contributed by atoms with E-state index in [2.05, 4.69) is 16.0 Å². The standard InChI is InChI=1S/C20H28FN3O4/c21-15-6-1-2-7-16(15)23-20(27)24-17-9-8-14(28-18(17)12-25)10-11-22-19(26)13-4-3-5-13/h1-2,6-7,13-14,17-18,25H,3-5,8-12H2,(H,22,26)(H2,23,24,27)/t14-,17-,18-/m1/s1. The zero-order valence-electron chi connectivity index (χ0n) is 15.8. The van der Waals surface area contributed by atoms with E-state index >= 15 is 0 Å². The maximum Gasteiger partial charge on any atom is 0.319 e. The molecule has 3 amide bonds. The summed E-state index contributed by atoms with van der Waals surface area (Å²) in [6.45, 7) is 0.319. The Morgan fingerprint density at radius 3 is 2.64 bits per heavy atom. The van der Waals surface area contributed by atoms with E-state index in [1.54, 1.807) is 12.1 Å². The van der Waals surface area contributed by atoms with Crippen LogP contribution in [0.25, 0.3) is 0 Å². The molecule has 0 radical (unpaired) electrons. The number of carbonyl (C=O) groups is 2. The average molecular weight is 393 g/mol. The maximum atomic E-state index is 13.6. The largest absolute Gasteiger partial charge is 0.394 e. The Morgan fingerprint density at radius 2 is 1.96 bits per heavy atom. The highest BCUT2D eigenvalue weighted by molar-refractivity contribution is 5.89. The van der Waals surface area contributed by atoms with Crippen LogP contribution in [-0.4, -0.2) is 48.4 Å². The second-order valence-electron chi connectivity index (χ2n) is 7.45. The minimum Gasteiger partial charge on any atom is -0.394 e. The number of anilines is 1. The lowest BCUT2D eigenvalue weighted by Gasteiger charge is -2.36. The molecule has 0 aromatic heterocycles. The molecule has 0 spiro atoms. The molecule has 1 aromatic rings. The number of carbonyl (C=O) groups excluding carboxylic acids is 2. The third-order valence-corrected chi connectivity index (χ3v) is 5.48. The second-order valence-corrected chi connectivity index (χ2v) is 7.45. The van der Waals surface area contributed by atoms with Crippen LogP contribution >= 0.6 is 0 Å². The van der Waals surface area contributed by atoms with Crippen molar-refractivity contribution in [2.75, 3.05) is 18.5 Å². The number of ether oxygens (including phenoxy) is 1. The van der Waals surface area contributed by atoms with Crippen LogP contribution in [0, 0.1) is 11.7 Å². The molecule has 154 valence electrons. The molecule has 3 atom stereocenters. The molecule has 2 fully saturated rings. The van der Waals surface area contributed by atoms with Gasteiger partial charge in [0.05, 0.1) is 24.4 Å². The number of nitrogens with one attached hydrogen (secondary N) is 3. The first-order chi connectivity index (χ1) is 13.6. The first-order valence-electron chi connectivity index (χ1n) is 9.93. The third kappa shape index (κ3) is 5.42. The highest BCUT2D eigenvalue weighted by Gasteiger charge is 2.32. The van der Waals surface area contributed by atoms with Gasteiger partial charge in [0.2, 0.25) is 5.91 Å². The van der Waals surface area contributed by atoms with Gasteiger partial charge in [0.1, 0.15) is 11.9 Å². The summed E-state index contributed by atoms with van der Waals surface area (Å²) in [5.74, 6) is -0.232. The molecule has 4 N–H and O–H groups in total. The molecule has 0 bridgehead atoms. The van der Waals surface area contributed by atoms with E-state index in [0.717, 1.165) is 19.3 Å². The molecule has 1 saturated heterocycles. The van der Waals surface area contributed by atoms with Gasteiger partial charge in [0.15, 0.2) is 0 Å². The van der Waals surface area contributed by atoms with Crippen LogP contribution in [0.4, 0.5) is 14.9 Å².